The van der Waals surface area contributed by atoms with Gasteiger partial charge in [-0.1, -0.05) is 26.8 Å². The quantitative estimate of drug-likeness (QED) is 0.622. The largest absolute Gasteiger partial charge is 0.347 e. The van der Waals surface area contributed by atoms with Crippen molar-refractivity contribution in [2.75, 3.05) is 11.9 Å². The maximum Gasteiger partial charge on any atom is 0.314 e. The number of hydrogen-bond donors (Lipinski definition) is 2. The monoisotopic (exact) mass is 398 g/mol. The van der Waals surface area contributed by atoms with E-state index in [4.69, 9.17) is 0 Å². The van der Waals surface area contributed by atoms with Crippen LogP contribution in [0.3, 0.4) is 0 Å². The Morgan fingerprint density at radius 2 is 1.89 bits per heavy atom. The van der Waals surface area contributed by atoms with E-state index in [9.17, 15) is 9.59 Å². The molecule has 0 aliphatic rings. The summed E-state index contributed by atoms with van der Waals surface area (Å²) in [5.74, 6) is -0.520. The van der Waals surface area contributed by atoms with Crippen LogP contribution in [0.25, 0.3) is 5.95 Å². The normalized spacial score (nSPS) is 12.0. The lowest BCUT2D eigenvalue weighted by Crippen LogP contribution is -2.37. The molecular weight excluding hydrogens is 376 g/mol. The van der Waals surface area contributed by atoms with E-state index < -0.39 is 11.8 Å². The Bertz CT molecular complexity index is 937. The molecule has 0 aliphatic heterocycles. The standard InChI is InChI=1S/C19H22N6O2S/c1-12(2)14-10-16(25(24-14)19-20-7-5-8-21-19)23-18(27)17(26)22-11-13(3)15-6-4-9-28-15/h4-10,12-13H,11H2,1-3H3,(H,22,26)(H,23,27). The minimum absolute atomic E-state index is 0.132. The molecule has 1 atom stereocenters. The topological polar surface area (TPSA) is 102 Å². The van der Waals surface area contributed by atoms with Crippen molar-refractivity contribution in [3.63, 3.8) is 0 Å². The average Bonchev–Trinajstić information content (AvgIpc) is 3.36. The Balaban J connectivity index is 1.70. The molecule has 0 aliphatic carbocycles. The molecule has 2 amide bonds. The summed E-state index contributed by atoms with van der Waals surface area (Å²) in [5.41, 5.74) is 0.759. The first kappa shape index (κ1) is 19.7. The van der Waals surface area contributed by atoms with E-state index in [2.05, 4.69) is 25.7 Å². The fourth-order valence-electron chi connectivity index (χ4n) is 2.50. The molecule has 0 bridgehead atoms. The van der Waals surface area contributed by atoms with Gasteiger partial charge in [0.1, 0.15) is 5.82 Å². The van der Waals surface area contributed by atoms with Gasteiger partial charge in [0.15, 0.2) is 0 Å². The van der Waals surface area contributed by atoms with Crippen LogP contribution in [0.4, 0.5) is 5.82 Å². The fraction of sp³-hybridized carbons (Fsp3) is 0.316. The van der Waals surface area contributed by atoms with Crippen molar-refractivity contribution in [3.05, 3.63) is 52.6 Å². The second-order valence-corrected chi connectivity index (χ2v) is 7.63. The van der Waals surface area contributed by atoms with Crippen LogP contribution in [0.5, 0.6) is 0 Å². The predicted octanol–water partition coefficient (Wildman–Crippen LogP) is 2.71. The summed E-state index contributed by atoms with van der Waals surface area (Å²) in [5, 5.41) is 11.7. The van der Waals surface area contributed by atoms with Gasteiger partial charge in [-0.05, 0) is 23.4 Å². The zero-order valence-electron chi connectivity index (χ0n) is 15.9. The molecule has 0 saturated heterocycles. The Hall–Kier alpha value is -3.07. The van der Waals surface area contributed by atoms with Gasteiger partial charge < -0.3 is 10.6 Å². The highest BCUT2D eigenvalue weighted by Crippen LogP contribution is 2.21. The number of nitrogens with one attached hydrogen (secondary N) is 2. The van der Waals surface area contributed by atoms with Crippen LogP contribution in [-0.2, 0) is 9.59 Å². The minimum atomic E-state index is -0.759. The summed E-state index contributed by atoms with van der Waals surface area (Å²) in [6.07, 6.45) is 3.17. The molecule has 3 aromatic heterocycles. The Labute approximate surface area is 167 Å². The summed E-state index contributed by atoms with van der Waals surface area (Å²) in [4.78, 5) is 34.1. The number of aromatic nitrogens is 4. The van der Waals surface area contributed by atoms with Crippen LogP contribution in [-0.4, -0.2) is 38.1 Å². The minimum Gasteiger partial charge on any atom is -0.347 e. The fourth-order valence-corrected chi connectivity index (χ4v) is 3.28. The third-order valence-electron chi connectivity index (χ3n) is 4.11. The van der Waals surface area contributed by atoms with Crippen molar-refractivity contribution >= 4 is 29.0 Å². The number of carbonyl (C=O) groups is 2. The average molecular weight is 398 g/mol. The maximum absolute atomic E-state index is 12.4. The van der Waals surface area contributed by atoms with Gasteiger partial charge in [-0.15, -0.1) is 11.3 Å². The highest BCUT2D eigenvalue weighted by molar-refractivity contribution is 7.10. The van der Waals surface area contributed by atoms with Crippen LogP contribution in [0, 0.1) is 0 Å². The molecule has 9 heteroatoms. The first-order valence-electron chi connectivity index (χ1n) is 8.95. The van der Waals surface area contributed by atoms with Gasteiger partial charge >= 0.3 is 11.8 Å². The van der Waals surface area contributed by atoms with Gasteiger partial charge in [-0.2, -0.15) is 9.78 Å². The molecule has 0 saturated carbocycles. The van der Waals surface area contributed by atoms with Crippen LogP contribution < -0.4 is 10.6 Å². The predicted molar refractivity (Wildman–Crippen MR) is 108 cm³/mol. The first-order valence-corrected chi connectivity index (χ1v) is 9.83. The van der Waals surface area contributed by atoms with E-state index >= 15 is 0 Å². The van der Waals surface area contributed by atoms with Crippen molar-refractivity contribution < 1.29 is 9.59 Å². The van der Waals surface area contributed by atoms with Crippen LogP contribution in [0.2, 0.25) is 0 Å². The summed E-state index contributed by atoms with van der Waals surface area (Å²) in [6.45, 7) is 6.36. The van der Waals surface area contributed by atoms with Gasteiger partial charge in [-0.3, -0.25) is 9.59 Å². The second-order valence-electron chi connectivity index (χ2n) is 6.65. The number of nitrogens with zero attached hydrogens (tertiary/aromatic N) is 4. The van der Waals surface area contributed by atoms with Gasteiger partial charge in [0.2, 0.25) is 0 Å². The van der Waals surface area contributed by atoms with E-state index in [0.717, 1.165) is 10.6 Å². The summed E-state index contributed by atoms with van der Waals surface area (Å²) in [7, 11) is 0. The number of anilines is 1. The van der Waals surface area contributed by atoms with E-state index in [1.165, 1.54) is 4.68 Å². The molecule has 1 unspecified atom stereocenters. The van der Waals surface area contributed by atoms with E-state index in [-0.39, 0.29) is 11.8 Å². The SMILES string of the molecule is CC(C)c1cc(NC(=O)C(=O)NCC(C)c2cccs2)n(-c2ncccn2)n1. The molecule has 2 N–H and O–H groups in total. The van der Waals surface area contributed by atoms with Gasteiger partial charge in [0, 0.05) is 35.8 Å². The Kier molecular flexibility index (Phi) is 6.15. The molecule has 3 heterocycles. The number of thiophene rings is 1. The lowest BCUT2D eigenvalue weighted by Gasteiger charge is -2.11. The van der Waals surface area contributed by atoms with Crippen LogP contribution in [0.15, 0.2) is 42.0 Å². The summed E-state index contributed by atoms with van der Waals surface area (Å²) in [6, 6.07) is 7.38. The third-order valence-corrected chi connectivity index (χ3v) is 5.21. The number of amides is 2. The van der Waals surface area contributed by atoms with E-state index in [1.807, 2.05) is 38.3 Å². The van der Waals surface area contributed by atoms with E-state index in [0.29, 0.717) is 18.3 Å². The zero-order chi connectivity index (χ0) is 20.1. The number of carbonyl (C=O) groups excluding carboxylic acids is 2. The van der Waals surface area contributed by atoms with Gasteiger partial charge in [0.25, 0.3) is 5.95 Å². The van der Waals surface area contributed by atoms with Gasteiger partial charge in [-0.25, -0.2) is 9.97 Å². The Morgan fingerprint density at radius 1 is 1.14 bits per heavy atom. The lowest BCUT2D eigenvalue weighted by atomic mass is 10.1. The summed E-state index contributed by atoms with van der Waals surface area (Å²) >= 11 is 1.62. The Morgan fingerprint density at radius 3 is 2.54 bits per heavy atom. The lowest BCUT2D eigenvalue weighted by molar-refractivity contribution is -0.136. The molecule has 3 aromatic rings. The highest BCUT2D eigenvalue weighted by Gasteiger charge is 2.20. The number of rotatable bonds is 6. The maximum atomic E-state index is 12.4. The van der Waals surface area contributed by atoms with Gasteiger partial charge in [0.05, 0.1) is 5.69 Å². The summed E-state index contributed by atoms with van der Waals surface area (Å²) < 4.78 is 1.43. The second kappa shape index (κ2) is 8.75. The molecule has 28 heavy (non-hydrogen) atoms. The first-order chi connectivity index (χ1) is 13.5. The molecule has 0 spiro atoms. The van der Waals surface area contributed by atoms with Crippen LogP contribution in [0.1, 0.15) is 43.2 Å². The van der Waals surface area contributed by atoms with Crippen LogP contribution >= 0.6 is 11.3 Å². The molecule has 0 radical (unpaired) electrons. The third kappa shape index (κ3) is 4.61. The molecule has 3 rings (SSSR count). The smallest absolute Gasteiger partial charge is 0.314 e. The molecule has 8 nitrogen and oxygen atoms in total. The van der Waals surface area contributed by atoms with Crippen molar-refractivity contribution in [2.24, 2.45) is 0 Å². The molecular formula is C19H22N6O2S. The van der Waals surface area contributed by atoms with Crippen molar-refractivity contribution in [1.82, 2.24) is 25.1 Å². The van der Waals surface area contributed by atoms with Crippen molar-refractivity contribution in [3.8, 4) is 5.95 Å². The highest BCUT2D eigenvalue weighted by atomic mass is 32.1. The number of hydrogen-bond acceptors (Lipinski definition) is 6. The molecule has 146 valence electrons. The molecule has 0 fully saturated rings. The van der Waals surface area contributed by atoms with Crippen molar-refractivity contribution in [1.29, 1.82) is 0 Å². The van der Waals surface area contributed by atoms with Crippen molar-refractivity contribution in [2.45, 2.75) is 32.6 Å². The molecule has 0 aromatic carbocycles. The van der Waals surface area contributed by atoms with E-state index in [1.54, 1.807) is 35.9 Å². The zero-order valence-corrected chi connectivity index (χ0v) is 16.7.